The Morgan fingerprint density at radius 2 is 2.05 bits per heavy atom. The maximum absolute atomic E-state index is 12.4. The van der Waals surface area contributed by atoms with Crippen molar-refractivity contribution in [3.05, 3.63) is 29.7 Å². The average molecular weight is 272 g/mol. The van der Waals surface area contributed by atoms with Crippen molar-refractivity contribution in [1.82, 2.24) is 25.1 Å². The lowest BCUT2D eigenvalue weighted by atomic mass is 10.3. The van der Waals surface area contributed by atoms with Gasteiger partial charge in [0.05, 0.1) is 6.04 Å². The molecule has 2 heterocycles. The summed E-state index contributed by atoms with van der Waals surface area (Å²) in [6, 6.07) is 0.978. The summed E-state index contributed by atoms with van der Waals surface area (Å²) in [4.78, 5) is 10.7. The number of H-pyrrole nitrogens is 1. The molecule has 0 aromatic carbocycles. The number of nitrogens with one attached hydrogen (secondary N) is 2. The number of halogens is 3. The van der Waals surface area contributed by atoms with E-state index in [0.717, 1.165) is 6.20 Å². The third-order valence-corrected chi connectivity index (χ3v) is 2.28. The van der Waals surface area contributed by atoms with E-state index < -0.39 is 12.0 Å². The minimum atomic E-state index is -4.57. The Morgan fingerprint density at radius 3 is 2.63 bits per heavy atom. The molecule has 0 aliphatic carbocycles. The highest BCUT2D eigenvalue weighted by Gasteiger charge is 2.34. The molecule has 1 atom stereocenters. The van der Waals surface area contributed by atoms with E-state index in [1.54, 1.807) is 13.8 Å². The number of aromatic amines is 1. The van der Waals surface area contributed by atoms with Crippen LogP contribution in [0.2, 0.25) is 0 Å². The first-order valence-electron chi connectivity index (χ1n) is 5.42. The van der Waals surface area contributed by atoms with Gasteiger partial charge in [-0.25, -0.2) is 15.0 Å². The summed E-state index contributed by atoms with van der Waals surface area (Å²) in [5, 5.41) is 9.36. The topological polar surface area (TPSA) is 79.4 Å². The van der Waals surface area contributed by atoms with Crippen LogP contribution in [0, 0.1) is 6.92 Å². The van der Waals surface area contributed by atoms with Crippen molar-refractivity contribution in [3.63, 3.8) is 0 Å². The average Bonchev–Trinajstić information content (AvgIpc) is 2.75. The molecule has 2 N–H and O–H groups in total. The second-order valence-electron chi connectivity index (χ2n) is 3.91. The Bertz CT molecular complexity index is 564. The zero-order valence-electron chi connectivity index (χ0n) is 10.2. The molecule has 102 valence electrons. The minimum absolute atomic E-state index is 0.0669. The van der Waals surface area contributed by atoms with Gasteiger partial charge in [-0.2, -0.15) is 18.3 Å². The quantitative estimate of drug-likeness (QED) is 0.894. The molecule has 2 rings (SSSR count). The van der Waals surface area contributed by atoms with Crippen LogP contribution in [-0.2, 0) is 6.18 Å². The van der Waals surface area contributed by atoms with Gasteiger partial charge in [0.15, 0.2) is 5.82 Å². The lowest BCUT2D eigenvalue weighted by molar-refractivity contribution is -0.144. The van der Waals surface area contributed by atoms with Crippen LogP contribution < -0.4 is 5.32 Å². The first-order valence-corrected chi connectivity index (χ1v) is 5.42. The third-order valence-electron chi connectivity index (χ3n) is 2.28. The standard InChI is InChI=1S/C10H11F3N6/c1-5(8-16-6(2)18-19-8)15-7-3-4-14-9(17-7)10(11,12)13/h3-5H,1-2H3,(H,14,15,17)(H,16,18,19). The van der Waals surface area contributed by atoms with Gasteiger partial charge in [0.1, 0.15) is 11.6 Å². The number of anilines is 1. The van der Waals surface area contributed by atoms with E-state index in [1.165, 1.54) is 6.07 Å². The molecule has 2 aromatic rings. The van der Waals surface area contributed by atoms with Crippen molar-refractivity contribution in [2.75, 3.05) is 5.32 Å². The minimum Gasteiger partial charge on any atom is -0.360 e. The first-order chi connectivity index (χ1) is 8.86. The second kappa shape index (κ2) is 4.82. The van der Waals surface area contributed by atoms with Crippen LogP contribution in [0.3, 0.4) is 0 Å². The molecule has 0 saturated carbocycles. The van der Waals surface area contributed by atoms with Crippen LogP contribution in [0.25, 0.3) is 0 Å². The van der Waals surface area contributed by atoms with Crippen LogP contribution in [0.5, 0.6) is 0 Å². The fourth-order valence-corrected chi connectivity index (χ4v) is 1.42. The molecule has 0 aliphatic heterocycles. The van der Waals surface area contributed by atoms with Gasteiger partial charge in [0.25, 0.3) is 0 Å². The summed E-state index contributed by atoms with van der Waals surface area (Å²) in [6.45, 7) is 3.45. The largest absolute Gasteiger partial charge is 0.451 e. The monoisotopic (exact) mass is 272 g/mol. The lowest BCUT2D eigenvalue weighted by Gasteiger charge is -2.12. The molecular weight excluding hydrogens is 261 g/mol. The highest BCUT2D eigenvalue weighted by molar-refractivity contribution is 5.35. The molecule has 0 radical (unpaired) electrons. The normalized spacial score (nSPS) is 13.3. The second-order valence-corrected chi connectivity index (χ2v) is 3.91. The summed E-state index contributed by atoms with van der Waals surface area (Å²) in [7, 11) is 0. The Balaban J connectivity index is 2.15. The third kappa shape index (κ3) is 3.18. The smallest absolute Gasteiger partial charge is 0.360 e. The van der Waals surface area contributed by atoms with Gasteiger partial charge in [-0.3, -0.25) is 5.10 Å². The molecule has 2 aromatic heterocycles. The van der Waals surface area contributed by atoms with E-state index in [2.05, 4.69) is 30.5 Å². The van der Waals surface area contributed by atoms with Crippen molar-refractivity contribution in [1.29, 1.82) is 0 Å². The number of aromatic nitrogens is 5. The molecule has 0 amide bonds. The molecule has 9 heteroatoms. The maximum Gasteiger partial charge on any atom is 0.451 e. The predicted molar refractivity (Wildman–Crippen MR) is 60.2 cm³/mol. The zero-order valence-corrected chi connectivity index (χ0v) is 10.2. The van der Waals surface area contributed by atoms with Gasteiger partial charge < -0.3 is 5.32 Å². The molecule has 0 aliphatic rings. The number of rotatable bonds is 3. The maximum atomic E-state index is 12.4. The van der Waals surface area contributed by atoms with Crippen molar-refractivity contribution >= 4 is 5.82 Å². The van der Waals surface area contributed by atoms with Crippen molar-refractivity contribution in [2.24, 2.45) is 0 Å². The van der Waals surface area contributed by atoms with Crippen molar-refractivity contribution in [3.8, 4) is 0 Å². The number of hydrogen-bond donors (Lipinski definition) is 2. The van der Waals surface area contributed by atoms with Gasteiger partial charge in [0, 0.05) is 6.20 Å². The fraction of sp³-hybridized carbons (Fsp3) is 0.400. The van der Waals surface area contributed by atoms with Gasteiger partial charge in [-0.05, 0) is 19.9 Å². The Morgan fingerprint density at radius 1 is 1.32 bits per heavy atom. The van der Waals surface area contributed by atoms with Crippen LogP contribution in [0.4, 0.5) is 19.0 Å². The summed E-state index contributed by atoms with van der Waals surface area (Å²) in [5.41, 5.74) is 0. The van der Waals surface area contributed by atoms with E-state index in [0.29, 0.717) is 11.6 Å². The summed E-state index contributed by atoms with van der Waals surface area (Å²) in [5.74, 6) is -0.0415. The van der Waals surface area contributed by atoms with Crippen LogP contribution >= 0.6 is 0 Å². The van der Waals surface area contributed by atoms with Crippen LogP contribution in [0.1, 0.15) is 30.4 Å². The highest BCUT2D eigenvalue weighted by atomic mass is 19.4. The van der Waals surface area contributed by atoms with E-state index in [1.807, 2.05) is 0 Å². The Hall–Kier alpha value is -2.19. The number of alkyl halides is 3. The summed E-state index contributed by atoms with van der Waals surface area (Å²) in [6.07, 6.45) is -3.52. The molecule has 6 nitrogen and oxygen atoms in total. The SMILES string of the molecule is Cc1nc(C(C)Nc2ccnc(C(F)(F)F)n2)n[nH]1. The van der Waals surface area contributed by atoms with E-state index in [4.69, 9.17) is 0 Å². The molecule has 0 fully saturated rings. The Labute approximate surface area is 106 Å². The van der Waals surface area contributed by atoms with Gasteiger partial charge in [0.2, 0.25) is 5.82 Å². The van der Waals surface area contributed by atoms with Gasteiger partial charge >= 0.3 is 6.18 Å². The number of aryl methyl sites for hydroxylation is 1. The van der Waals surface area contributed by atoms with Gasteiger partial charge in [-0.1, -0.05) is 0 Å². The Kier molecular flexibility index (Phi) is 3.36. The van der Waals surface area contributed by atoms with Crippen LogP contribution in [0.15, 0.2) is 12.3 Å². The van der Waals surface area contributed by atoms with Crippen molar-refractivity contribution < 1.29 is 13.2 Å². The van der Waals surface area contributed by atoms with E-state index in [9.17, 15) is 13.2 Å². The molecule has 0 bridgehead atoms. The lowest BCUT2D eigenvalue weighted by Crippen LogP contribution is -2.14. The molecule has 1 unspecified atom stereocenters. The van der Waals surface area contributed by atoms with Crippen molar-refractivity contribution in [2.45, 2.75) is 26.1 Å². The predicted octanol–water partition coefficient (Wildman–Crippen LogP) is 2.10. The highest BCUT2D eigenvalue weighted by Crippen LogP contribution is 2.26. The van der Waals surface area contributed by atoms with Crippen LogP contribution in [-0.4, -0.2) is 25.1 Å². The van der Waals surface area contributed by atoms with E-state index in [-0.39, 0.29) is 11.9 Å². The zero-order chi connectivity index (χ0) is 14.0. The number of hydrogen-bond acceptors (Lipinski definition) is 5. The summed E-state index contributed by atoms with van der Waals surface area (Å²) < 4.78 is 37.3. The van der Waals surface area contributed by atoms with Gasteiger partial charge in [-0.15, -0.1) is 0 Å². The first kappa shape index (κ1) is 13.2. The molecule has 19 heavy (non-hydrogen) atoms. The molecule has 0 spiro atoms. The fourth-order valence-electron chi connectivity index (χ4n) is 1.42. The summed E-state index contributed by atoms with van der Waals surface area (Å²) >= 11 is 0. The van der Waals surface area contributed by atoms with E-state index >= 15 is 0 Å². The number of nitrogens with zero attached hydrogens (tertiary/aromatic N) is 4. The molecular formula is C10H11F3N6. The molecule has 0 saturated heterocycles.